The third kappa shape index (κ3) is 4.77. The summed E-state index contributed by atoms with van der Waals surface area (Å²) in [6, 6.07) is 30.8. The van der Waals surface area contributed by atoms with Crippen LogP contribution in [0.25, 0.3) is 5.76 Å². The van der Waals surface area contributed by atoms with Crippen molar-refractivity contribution in [1.29, 1.82) is 0 Å². The number of ether oxygens (including phenoxy) is 2. The second-order valence-corrected chi connectivity index (χ2v) is 9.86. The summed E-state index contributed by atoms with van der Waals surface area (Å²) in [7, 11) is 0. The van der Waals surface area contributed by atoms with Crippen LogP contribution in [0, 0.1) is 0 Å². The van der Waals surface area contributed by atoms with E-state index in [4.69, 9.17) is 9.47 Å². The highest BCUT2D eigenvalue weighted by Gasteiger charge is 2.46. The molecule has 0 spiro atoms. The van der Waals surface area contributed by atoms with E-state index in [1.165, 1.54) is 4.90 Å². The SMILES string of the molecule is C[C@H]1Cc2cc(/C(O)=C3\C(=O)C(=O)N(Cc4ccccc4)[C@H]3c3cccc(Oc4ccccc4)c3)ccc2O1. The number of carbonyl (C=O) groups excluding carboxylic acids is 2. The lowest BCUT2D eigenvalue weighted by molar-refractivity contribution is -0.140. The number of fused-ring (bicyclic) bond motifs is 1. The average Bonchev–Trinajstić information content (AvgIpc) is 3.45. The second-order valence-electron chi connectivity index (χ2n) is 9.86. The van der Waals surface area contributed by atoms with Crippen LogP contribution in [0.1, 0.15) is 35.2 Å². The molecule has 2 atom stereocenters. The largest absolute Gasteiger partial charge is 0.507 e. The van der Waals surface area contributed by atoms with Crippen LogP contribution in [-0.4, -0.2) is 27.8 Å². The van der Waals surface area contributed by atoms with Gasteiger partial charge in [0.05, 0.1) is 11.6 Å². The van der Waals surface area contributed by atoms with Crippen molar-refractivity contribution in [2.45, 2.75) is 32.0 Å². The van der Waals surface area contributed by atoms with Gasteiger partial charge in [-0.1, -0.05) is 60.7 Å². The molecule has 4 aromatic carbocycles. The molecule has 1 amide bonds. The Hall–Kier alpha value is -4.84. The molecule has 0 unspecified atom stereocenters. The number of Topliss-reactive ketones (excluding diaryl/α,β-unsaturated/α-hetero) is 1. The van der Waals surface area contributed by atoms with E-state index in [0.29, 0.717) is 29.0 Å². The molecule has 0 saturated carbocycles. The Morgan fingerprint density at radius 1 is 0.897 bits per heavy atom. The summed E-state index contributed by atoms with van der Waals surface area (Å²) in [6.07, 6.45) is 0.752. The summed E-state index contributed by atoms with van der Waals surface area (Å²) in [5.74, 6) is 0.428. The Morgan fingerprint density at radius 3 is 2.38 bits per heavy atom. The van der Waals surface area contributed by atoms with Crippen molar-refractivity contribution in [3.8, 4) is 17.2 Å². The molecule has 1 fully saturated rings. The van der Waals surface area contributed by atoms with E-state index in [0.717, 1.165) is 16.9 Å². The molecule has 1 saturated heterocycles. The van der Waals surface area contributed by atoms with Gasteiger partial charge in [-0.05, 0) is 66.1 Å². The zero-order chi connectivity index (χ0) is 26.9. The van der Waals surface area contributed by atoms with E-state index in [1.807, 2.05) is 97.9 Å². The van der Waals surface area contributed by atoms with Crippen LogP contribution >= 0.6 is 0 Å². The molecule has 0 bridgehead atoms. The van der Waals surface area contributed by atoms with Crippen LogP contribution in [0.3, 0.4) is 0 Å². The highest BCUT2D eigenvalue weighted by molar-refractivity contribution is 6.46. The van der Waals surface area contributed by atoms with E-state index < -0.39 is 17.7 Å². The van der Waals surface area contributed by atoms with Crippen LogP contribution in [-0.2, 0) is 22.6 Å². The fourth-order valence-electron chi connectivity index (χ4n) is 5.27. The van der Waals surface area contributed by atoms with E-state index in [1.54, 1.807) is 12.1 Å². The summed E-state index contributed by atoms with van der Waals surface area (Å²) in [4.78, 5) is 28.4. The van der Waals surface area contributed by atoms with Gasteiger partial charge < -0.3 is 19.5 Å². The minimum absolute atomic E-state index is 0.0428. The lowest BCUT2D eigenvalue weighted by Gasteiger charge is -2.26. The zero-order valence-electron chi connectivity index (χ0n) is 21.4. The Bertz CT molecular complexity index is 1580. The minimum atomic E-state index is -0.798. The summed E-state index contributed by atoms with van der Waals surface area (Å²) in [5.41, 5.74) is 3.04. The van der Waals surface area contributed by atoms with E-state index in [9.17, 15) is 14.7 Å². The zero-order valence-corrected chi connectivity index (χ0v) is 21.4. The maximum absolute atomic E-state index is 13.5. The third-order valence-electron chi connectivity index (χ3n) is 7.06. The van der Waals surface area contributed by atoms with E-state index >= 15 is 0 Å². The number of benzene rings is 4. The lowest BCUT2D eigenvalue weighted by atomic mass is 9.94. The Morgan fingerprint density at radius 2 is 1.62 bits per heavy atom. The number of aliphatic hydroxyl groups excluding tert-OH is 1. The first-order valence-corrected chi connectivity index (χ1v) is 12.9. The molecule has 0 radical (unpaired) electrons. The number of hydrogen-bond acceptors (Lipinski definition) is 5. The maximum atomic E-state index is 13.5. The number of aliphatic hydroxyl groups is 1. The maximum Gasteiger partial charge on any atom is 0.295 e. The van der Waals surface area contributed by atoms with Gasteiger partial charge >= 0.3 is 0 Å². The van der Waals surface area contributed by atoms with Crippen LogP contribution in [0.15, 0.2) is 109 Å². The van der Waals surface area contributed by atoms with Crippen molar-refractivity contribution in [1.82, 2.24) is 4.90 Å². The molecule has 4 aromatic rings. The monoisotopic (exact) mass is 517 g/mol. The molecule has 6 rings (SSSR count). The standard InChI is InChI=1S/C33H27NO5/c1-21-17-25-18-24(15-16-28(25)38-21)31(35)29-30(34(33(37)32(29)36)20-22-9-4-2-5-10-22)23-11-8-14-27(19-23)39-26-12-6-3-7-13-26/h2-16,18-19,21,30,35H,17,20H2,1H3/b31-29+/t21-,30-/m0/s1. The Kier molecular flexibility index (Phi) is 6.37. The molecular formula is C33H27NO5. The first-order chi connectivity index (χ1) is 19.0. The summed E-state index contributed by atoms with van der Waals surface area (Å²) in [5, 5.41) is 11.5. The van der Waals surface area contributed by atoms with Gasteiger partial charge in [-0.15, -0.1) is 0 Å². The fourth-order valence-corrected chi connectivity index (χ4v) is 5.27. The topological polar surface area (TPSA) is 76.1 Å². The number of para-hydroxylation sites is 1. The van der Waals surface area contributed by atoms with E-state index in [2.05, 4.69) is 0 Å². The smallest absolute Gasteiger partial charge is 0.295 e. The van der Waals surface area contributed by atoms with Crippen LogP contribution < -0.4 is 9.47 Å². The molecule has 1 N–H and O–H groups in total. The van der Waals surface area contributed by atoms with Gasteiger partial charge in [-0.3, -0.25) is 9.59 Å². The van der Waals surface area contributed by atoms with Crippen molar-refractivity contribution in [2.24, 2.45) is 0 Å². The highest BCUT2D eigenvalue weighted by atomic mass is 16.5. The van der Waals surface area contributed by atoms with Crippen molar-refractivity contribution in [2.75, 3.05) is 0 Å². The predicted molar refractivity (Wildman–Crippen MR) is 147 cm³/mol. The molecular weight excluding hydrogens is 490 g/mol. The van der Waals surface area contributed by atoms with Gasteiger partial charge in [0, 0.05) is 18.5 Å². The number of rotatable bonds is 6. The van der Waals surface area contributed by atoms with Gasteiger partial charge in [0.15, 0.2) is 0 Å². The van der Waals surface area contributed by atoms with Gasteiger partial charge in [0.1, 0.15) is 29.1 Å². The van der Waals surface area contributed by atoms with Gasteiger partial charge in [0.25, 0.3) is 11.7 Å². The van der Waals surface area contributed by atoms with Crippen molar-refractivity contribution >= 4 is 17.4 Å². The number of amides is 1. The Labute approximate surface area is 226 Å². The van der Waals surface area contributed by atoms with Crippen molar-refractivity contribution in [3.63, 3.8) is 0 Å². The molecule has 2 aliphatic rings. The highest BCUT2D eigenvalue weighted by Crippen LogP contribution is 2.42. The van der Waals surface area contributed by atoms with Crippen LogP contribution in [0.4, 0.5) is 0 Å². The fraction of sp³-hybridized carbons (Fsp3) is 0.152. The van der Waals surface area contributed by atoms with Gasteiger partial charge in [-0.25, -0.2) is 0 Å². The molecule has 39 heavy (non-hydrogen) atoms. The number of hydrogen-bond donors (Lipinski definition) is 1. The first-order valence-electron chi connectivity index (χ1n) is 12.9. The predicted octanol–water partition coefficient (Wildman–Crippen LogP) is 6.42. The number of nitrogens with zero attached hydrogens (tertiary/aromatic N) is 1. The third-order valence-corrected chi connectivity index (χ3v) is 7.06. The second kappa shape index (κ2) is 10.1. The number of ketones is 1. The molecule has 0 aliphatic carbocycles. The summed E-state index contributed by atoms with van der Waals surface area (Å²) >= 11 is 0. The summed E-state index contributed by atoms with van der Waals surface area (Å²) in [6.45, 7) is 2.20. The van der Waals surface area contributed by atoms with Crippen molar-refractivity contribution in [3.05, 3.63) is 131 Å². The minimum Gasteiger partial charge on any atom is -0.507 e. The normalized spacial score (nSPS) is 19.6. The van der Waals surface area contributed by atoms with Crippen LogP contribution in [0.5, 0.6) is 17.2 Å². The van der Waals surface area contributed by atoms with Gasteiger partial charge in [-0.2, -0.15) is 0 Å². The lowest BCUT2D eigenvalue weighted by Crippen LogP contribution is -2.29. The molecule has 194 valence electrons. The molecule has 2 aliphatic heterocycles. The van der Waals surface area contributed by atoms with E-state index in [-0.39, 0.29) is 24.0 Å². The average molecular weight is 518 g/mol. The quantitative estimate of drug-likeness (QED) is 0.181. The molecule has 0 aromatic heterocycles. The Balaban J connectivity index is 1.45. The number of carbonyl (C=O) groups is 2. The molecule has 2 heterocycles. The van der Waals surface area contributed by atoms with Crippen LogP contribution in [0.2, 0.25) is 0 Å². The summed E-state index contributed by atoms with van der Waals surface area (Å²) < 4.78 is 11.8. The molecule has 6 nitrogen and oxygen atoms in total. The first kappa shape index (κ1) is 24.5. The van der Waals surface area contributed by atoms with Crippen molar-refractivity contribution < 1.29 is 24.2 Å². The molecule has 6 heteroatoms. The van der Waals surface area contributed by atoms with Gasteiger partial charge in [0.2, 0.25) is 0 Å². The number of likely N-dealkylation sites (tertiary alicyclic amines) is 1.